The molecule has 0 saturated heterocycles. The van der Waals surface area contributed by atoms with Gasteiger partial charge in [-0.05, 0) is 0 Å². The summed E-state index contributed by atoms with van der Waals surface area (Å²) in [5.74, 6) is 2.51. The van der Waals surface area contributed by atoms with Crippen molar-refractivity contribution >= 4 is 11.7 Å². The van der Waals surface area contributed by atoms with E-state index in [2.05, 4.69) is 21.4 Å². The third-order valence-electron chi connectivity index (χ3n) is 1.49. The summed E-state index contributed by atoms with van der Waals surface area (Å²) in [6.07, 6.45) is 6.60. The lowest BCUT2D eigenvalue weighted by molar-refractivity contribution is -0.120. The molecule has 0 atom stereocenters. The average molecular weight is 178 g/mol. The van der Waals surface area contributed by atoms with Gasteiger partial charge in [-0.2, -0.15) is 5.10 Å². The first kappa shape index (κ1) is 9.13. The van der Waals surface area contributed by atoms with E-state index in [1.54, 1.807) is 6.20 Å². The molecule has 13 heavy (non-hydrogen) atoms. The summed E-state index contributed by atoms with van der Waals surface area (Å²) in [6.45, 7) is 0.350. The number of H-pyrrole nitrogens is 1. The molecule has 0 aliphatic rings. The maximum atomic E-state index is 10.9. The van der Waals surface area contributed by atoms with Crippen LogP contribution in [0.1, 0.15) is 12.0 Å². The molecule has 0 unspecified atom stereocenters. The van der Waals surface area contributed by atoms with Gasteiger partial charge in [0.2, 0.25) is 5.91 Å². The van der Waals surface area contributed by atoms with E-state index in [-0.39, 0.29) is 12.3 Å². The predicted octanol–water partition coefficient (Wildman–Crippen LogP) is -0.369. The second-order valence-electron chi connectivity index (χ2n) is 2.47. The third-order valence-corrected chi connectivity index (χ3v) is 1.49. The van der Waals surface area contributed by atoms with Crippen molar-refractivity contribution < 1.29 is 4.79 Å². The van der Waals surface area contributed by atoms with E-state index in [1.165, 1.54) is 0 Å². The van der Waals surface area contributed by atoms with E-state index in [1.807, 2.05) is 0 Å². The molecule has 0 radical (unpaired) electrons. The highest BCUT2D eigenvalue weighted by molar-refractivity contribution is 5.78. The van der Waals surface area contributed by atoms with Crippen LogP contribution in [0.15, 0.2) is 6.20 Å². The van der Waals surface area contributed by atoms with Crippen LogP contribution in [0.3, 0.4) is 0 Å². The molecule has 0 aromatic carbocycles. The maximum Gasteiger partial charge on any atom is 0.232 e. The van der Waals surface area contributed by atoms with Crippen LogP contribution in [0.2, 0.25) is 0 Å². The molecule has 5 heteroatoms. The second-order valence-corrected chi connectivity index (χ2v) is 2.47. The molecule has 0 aliphatic carbocycles. The first-order chi connectivity index (χ1) is 6.24. The molecule has 5 nitrogen and oxygen atoms in total. The number of nitrogens with two attached hydrogens (primary N) is 1. The fourth-order valence-corrected chi connectivity index (χ4v) is 0.811. The molecular weight excluding hydrogens is 168 g/mol. The molecule has 68 valence electrons. The largest absolute Gasteiger partial charge is 0.384 e. The lowest BCUT2D eigenvalue weighted by Crippen LogP contribution is -2.22. The summed E-state index contributed by atoms with van der Waals surface area (Å²) in [5, 5.41) is 8.87. The monoisotopic (exact) mass is 178 g/mol. The first-order valence-electron chi connectivity index (χ1n) is 3.72. The number of rotatable bonds is 3. The number of hydrogen-bond acceptors (Lipinski definition) is 3. The molecule has 1 aromatic rings. The van der Waals surface area contributed by atoms with Crippen LogP contribution in [-0.2, 0) is 11.3 Å². The zero-order valence-electron chi connectivity index (χ0n) is 7.00. The number of carbonyl (C=O) groups excluding carboxylic acids is 1. The van der Waals surface area contributed by atoms with E-state index in [0.717, 1.165) is 5.56 Å². The highest BCUT2D eigenvalue weighted by Crippen LogP contribution is 2.04. The highest BCUT2D eigenvalue weighted by Gasteiger charge is 2.02. The van der Waals surface area contributed by atoms with E-state index >= 15 is 0 Å². The van der Waals surface area contributed by atoms with Crippen molar-refractivity contribution in [2.45, 2.75) is 13.0 Å². The lowest BCUT2D eigenvalue weighted by atomic mass is 10.3. The number of nitrogens with one attached hydrogen (secondary N) is 2. The van der Waals surface area contributed by atoms with Gasteiger partial charge in [-0.1, -0.05) is 5.92 Å². The van der Waals surface area contributed by atoms with Crippen LogP contribution < -0.4 is 11.1 Å². The molecule has 0 aliphatic heterocycles. The normalized spacial score (nSPS) is 9.15. The smallest absolute Gasteiger partial charge is 0.232 e. The van der Waals surface area contributed by atoms with Crippen LogP contribution in [0, 0.1) is 12.3 Å². The van der Waals surface area contributed by atoms with Crippen molar-refractivity contribution in [3.8, 4) is 12.3 Å². The van der Waals surface area contributed by atoms with Crippen molar-refractivity contribution in [1.29, 1.82) is 0 Å². The number of carbonyl (C=O) groups is 1. The van der Waals surface area contributed by atoms with Gasteiger partial charge in [-0.15, -0.1) is 6.42 Å². The van der Waals surface area contributed by atoms with Crippen LogP contribution in [0.4, 0.5) is 5.82 Å². The third kappa shape index (κ3) is 2.52. The fraction of sp³-hybridized carbons (Fsp3) is 0.250. The molecule has 1 heterocycles. The lowest BCUT2D eigenvalue weighted by Gasteiger charge is -2.00. The minimum absolute atomic E-state index is 0.0811. The van der Waals surface area contributed by atoms with E-state index in [9.17, 15) is 4.79 Å². The van der Waals surface area contributed by atoms with Gasteiger partial charge in [0.15, 0.2) is 0 Å². The Bertz CT molecular complexity index is 336. The van der Waals surface area contributed by atoms with E-state index < -0.39 is 0 Å². The van der Waals surface area contributed by atoms with Gasteiger partial charge >= 0.3 is 0 Å². The van der Waals surface area contributed by atoms with Crippen molar-refractivity contribution in [1.82, 2.24) is 15.5 Å². The highest BCUT2D eigenvalue weighted by atomic mass is 16.1. The summed E-state index contributed by atoms with van der Waals surface area (Å²) < 4.78 is 0. The van der Waals surface area contributed by atoms with Gasteiger partial charge in [0.1, 0.15) is 5.82 Å². The molecular formula is C8H10N4O. The maximum absolute atomic E-state index is 10.9. The summed E-state index contributed by atoms with van der Waals surface area (Å²) in [7, 11) is 0. The topological polar surface area (TPSA) is 83.8 Å². The standard InChI is InChI=1S/C8H10N4O/c1-2-3-7(13)10-4-6-5-11-12-8(6)9/h1,5H,3-4H2,(H,10,13)(H3,9,11,12). The Morgan fingerprint density at radius 1 is 1.85 bits per heavy atom. The molecule has 0 saturated carbocycles. The van der Waals surface area contributed by atoms with Gasteiger partial charge in [0, 0.05) is 12.1 Å². The van der Waals surface area contributed by atoms with Crippen LogP contribution in [0.5, 0.6) is 0 Å². The molecule has 4 N–H and O–H groups in total. The van der Waals surface area contributed by atoms with Gasteiger partial charge in [-0.3, -0.25) is 9.89 Å². The number of aromatic amines is 1. The molecule has 1 aromatic heterocycles. The molecule has 1 rings (SSSR count). The Morgan fingerprint density at radius 2 is 2.62 bits per heavy atom. The fourth-order valence-electron chi connectivity index (χ4n) is 0.811. The van der Waals surface area contributed by atoms with Gasteiger partial charge in [-0.25, -0.2) is 0 Å². The SMILES string of the molecule is C#CCC(=O)NCc1cn[nH]c1N. The van der Waals surface area contributed by atoms with Crippen molar-refractivity contribution in [3.05, 3.63) is 11.8 Å². The molecule has 0 fully saturated rings. The number of anilines is 1. The average Bonchev–Trinajstić information content (AvgIpc) is 2.48. The summed E-state index contributed by atoms with van der Waals surface area (Å²) >= 11 is 0. The Kier molecular flexibility index (Phi) is 2.92. The van der Waals surface area contributed by atoms with Crippen LogP contribution in [0.25, 0.3) is 0 Å². The van der Waals surface area contributed by atoms with Gasteiger partial charge < -0.3 is 11.1 Å². The number of hydrogen-bond donors (Lipinski definition) is 3. The number of nitrogens with zero attached hydrogens (tertiary/aromatic N) is 1. The summed E-state index contributed by atoms with van der Waals surface area (Å²) in [4.78, 5) is 10.9. The molecule has 1 amide bonds. The first-order valence-corrected chi connectivity index (χ1v) is 3.72. The van der Waals surface area contributed by atoms with E-state index in [0.29, 0.717) is 12.4 Å². The van der Waals surface area contributed by atoms with Crippen LogP contribution in [-0.4, -0.2) is 16.1 Å². The number of amides is 1. The second kappa shape index (κ2) is 4.16. The summed E-state index contributed by atoms with van der Waals surface area (Å²) in [6, 6.07) is 0. The van der Waals surface area contributed by atoms with Crippen molar-refractivity contribution in [2.24, 2.45) is 0 Å². The van der Waals surface area contributed by atoms with Gasteiger partial charge in [0.05, 0.1) is 12.6 Å². The Morgan fingerprint density at radius 3 is 3.15 bits per heavy atom. The zero-order valence-corrected chi connectivity index (χ0v) is 7.00. The summed E-state index contributed by atoms with van der Waals surface area (Å²) in [5.41, 5.74) is 6.25. The number of nitrogen functional groups attached to an aromatic ring is 1. The number of aromatic nitrogens is 2. The van der Waals surface area contributed by atoms with Crippen LogP contribution >= 0.6 is 0 Å². The van der Waals surface area contributed by atoms with E-state index in [4.69, 9.17) is 12.2 Å². The predicted molar refractivity (Wildman–Crippen MR) is 48.3 cm³/mol. The Labute approximate surface area is 75.7 Å². The zero-order chi connectivity index (χ0) is 9.68. The molecule has 0 spiro atoms. The van der Waals surface area contributed by atoms with Crippen molar-refractivity contribution in [2.75, 3.05) is 5.73 Å². The minimum Gasteiger partial charge on any atom is -0.384 e. The molecule has 0 bridgehead atoms. The van der Waals surface area contributed by atoms with Crippen molar-refractivity contribution in [3.63, 3.8) is 0 Å². The Hall–Kier alpha value is -1.96. The minimum atomic E-state index is -0.192. The quantitative estimate of drug-likeness (QED) is 0.552. The van der Waals surface area contributed by atoms with Gasteiger partial charge in [0.25, 0.3) is 0 Å². The Balaban J connectivity index is 2.40. The number of terminal acetylenes is 1.